The first kappa shape index (κ1) is 106. The number of phenolic OH excluding ortho intramolecular Hbond substituents is 1. The number of nitrogens with one attached hydrogen (secondary N) is 8. The standard InChI is InChI=1S/C97H132N16O20S2/c1-10-13-22-59-44-80(116)70(42-63-49-101-69-25-18-16-23-67(63)69)105-92(128)77-29-21-38-113(77)93(129)62(39-56(4)5)47-79(115)61(41-65-50-100-55-103-65)46-82(118)76-28-20-37-112(76)96(132)73(48-84(98)119)106-88(124)57(6)109(7)94(130)71(40-58-31-34-66(114)35-32-58)104-86(121)54-134-53-74(91(127)102-51-85(99)120)108-90(126)60(33-36-87(122)123)45-81(117)75(26-14-11-2)110(8)97(133)78(27-15-12-3)111(9)95(131)72(107-89(59)125)43-64-52-135-83-30-19-17-24-68(64)83/h16-19,23-25,30-32,34-35,49-50,52,55-57,59-62,70-78,101,114H,10-15,20-22,26-29,33,36-48,51,53-54H2,1-9H3,(H2,98,119)(H2,99,120)(H,100,103)(H,102,127)(H,104,121)(H,105,128)(H,106,124)(H,107,125)(H,108,126)(H,122,123)/t57-,59+,60+,61+,62+,70-,71-,72-,73-,74-,75-,76-,77-,78-/m0/s1. The van der Waals surface area contributed by atoms with Gasteiger partial charge in [0, 0.05) is 149 Å². The number of thioether (sulfide) groups is 1. The molecule has 6 heterocycles. The summed E-state index contributed by atoms with van der Waals surface area (Å²) < 4.78 is 0.880. The van der Waals surface area contributed by atoms with Crippen LogP contribution < -0.4 is 43.4 Å². The number of Topliss-reactive ketones (excluding diaryl/α,β-unsaturated/α-hetero) is 4. The Morgan fingerprint density at radius 1 is 0.548 bits per heavy atom. The Balaban J connectivity index is 1.10. The third-order valence-corrected chi connectivity index (χ3v) is 27.8. The minimum Gasteiger partial charge on any atom is -0.508 e. The number of carboxylic acid groups (broad SMARTS) is 1. The molecule has 0 saturated carbocycles. The molecule has 3 aromatic carbocycles. The fourth-order valence-electron chi connectivity index (χ4n) is 18.1. The van der Waals surface area contributed by atoms with Gasteiger partial charge < -0.3 is 88.0 Å². The minimum atomic E-state index is -1.72. The molecule has 0 bridgehead atoms. The van der Waals surface area contributed by atoms with Gasteiger partial charge in [-0.25, -0.2) is 4.98 Å². The van der Waals surface area contributed by atoms with E-state index in [4.69, 9.17) is 11.5 Å². The number of hydrogen-bond acceptors (Lipinski definition) is 22. The quantitative estimate of drug-likeness (QED) is 0.0281. The van der Waals surface area contributed by atoms with Crippen LogP contribution in [0.1, 0.15) is 199 Å². The van der Waals surface area contributed by atoms with Crippen molar-refractivity contribution in [1.82, 2.24) is 71.4 Å². The normalized spacial score (nSPS) is 24.5. The number of aromatic hydroxyl groups is 1. The van der Waals surface area contributed by atoms with E-state index >= 15 is 43.2 Å². The van der Waals surface area contributed by atoms with Gasteiger partial charge in [-0.05, 0) is 129 Å². The molecule has 0 radical (unpaired) electrons. The van der Waals surface area contributed by atoms with Gasteiger partial charge in [0.2, 0.25) is 76.8 Å². The molecule has 0 aliphatic carbocycles. The number of thiophene rings is 1. The Bertz CT molecular complexity index is 5190. The third kappa shape index (κ3) is 30.1. The number of phenols is 1. The summed E-state index contributed by atoms with van der Waals surface area (Å²) in [4.78, 5) is 281. The van der Waals surface area contributed by atoms with Crippen LogP contribution in [0.25, 0.3) is 21.0 Å². The van der Waals surface area contributed by atoms with Crippen molar-refractivity contribution < 1.29 is 96.5 Å². The molecule has 3 saturated heterocycles. The Labute approximate surface area is 794 Å². The van der Waals surface area contributed by atoms with Crippen LogP contribution in [0.5, 0.6) is 5.75 Å². The second-order valence-electron chi connectivity index (χ2n) is 36.3. The van der Waals surface area contributed by atoms with Crippen molar-refractivity contribution in [3.63, 3.8) is 0 Å². The van der Waals surface area contributed by atoms with Crippen molar-refractivity contribution in [2.45, 2.75) is 262 Å². The second-order valence-corrected chi connectivity index (χ2v) is 38.2. The van der Waals surface area contributed by atoms with Gasteiger partial charge in [0.15, 0.2) is 17.3 Å². The number of aromatic nitrogens is 3. The Morgan fingerprint density at radius 2 is 1.13 bits per heavy atom. The number of nitrogens with zero attached hydrogens (tertiary/aromatic N) is 6. The molecule has 13 amide bonds. The van der Waals surface area contributed by atoms with Crippen molar-refractivity contribution in [3.05, 3.63) is 119 Å². The lowest BCUT2D eigenvalue weighted by molar-refractivity contribution is -0.149. The van der Waals surface area contributed by atoms with Crippen LogP contribution >= 0.6 is 23.1 Å². The van der Waals surface area contributed by atoms with Gasteiger partial charge in [-0.1, -0.05) is 122 Å². The highest BCUT2D eigenvalue weighted by molar-refractivity contribution is 8.00. The molecule has 135 heavy (non-hydrogen) atoms. The maximum atomic E-state index is 15.9. The maximum Gasteiger partial charge on any atom is 0.303 e. The van der Waals surface area contributed by atoms with Gasteiger partial charge in [-0.3, -0.25) is 86.3 Å². The summed E-state index contributed by atoms with van der Waals surface area (Å²) in [5.74, 6) is -20.6. The van der Waals surface area contributed by atoms with E-state index in [-0.39, 0.29) is 102 Å². The highest BCUT2D eigenvalue weighted by Crippen LogP contribution is 2.34. The summed E-state index contributed by atoms with van der Waals surface area (Å²) in [6.45, 7) is 10.0. The van der Waals surface area contributed by atoms with Crippen molar-refractivity contribution >= 4 is 150 Å². The molecule has 3 aliphatic rings. The smallest absolute Gasteiger partial charge is 0.303 e. The summed E-state index contributed by atoms with van der Waals surface area (Å²) in [5, 5.41) is 40.0. The number of unbranched alkanes of at least 4 members (excludes halogenated alkanes) is 3. The molecule has 14 atom stereocenters. The van der Waals surface area contributed by atoms with Crippen molar-refractivity contribution in [2.75, 3.05) is 52.3 Å². The molecule has 38 heteroatoms. The molecule has 0 unspecified atom stereocenters. The van der Waals surface area contributed by atoms with Crippen LogP contribution in [0, 0.1) is 29.6 Å². The predicted octanol–water partition coefficient (Wildman–Crippen LogP) is 6.00. The van der Waals surface area contributed by atoms with Crippen molar-refractivity contribution in [2.24, 2.45) is 41.1 Å². The number of para-hydroxylation sites is 1. The molecule has 36 nitrogen and oxygen atoms in total. The van der Waals surface area contributed by atoms with Crippen LogP contribution in [-0.4, -0.2) is 268 Å². The second kappa shape index (κ2) is 51.5. The van der Waals surface area contributed by atoms with E-state index < -0.39 is 247 Å². The molecule has 6 aromatic rings. The zero-order valence-corrected chi connectivity index (χ0v) is 80.1. The first-order chi connectivity index (χ1) is 64.4. The summed E-state index contributed by atoms with van der Waals surface area (Å²) in [6.07, 6.45) is 4.32. The zero-order valence-electron chi connectivity index (χ0n) is 78.5. The van der Waals surface area contributed by atoms with Crippen LogP contribution in [0.4, 0.5) is 0 Å². The van der Waals surface area contributed by atoms with Gasteiger partial charge >= 0.3 is 5.97 Å². The summed E-state index contributed by atoms with van der Waals surface area (Å²) in [7, 11) is 4.06. The van der Waals surface area contributed by atoms with Gasteiger partial charge in [0.05, 0.1) is 43.2 Å². The maximum absolute atomic E-state index is 15.9. The number of carboxylic acids is 1. The number of carbonyl (C=O) groups excluding carboxylic acids is 17. The van der Waals surface area contributed by atoms with E-state index in [1.165, 1.54) is 95.8 Å². The number of carbonyl (C=O) groups is 18. The first-order valence-corrected chi connectivity index (χ1v) is 48.9. The summed E-state index contributed by atoms with van der Waals surface area (Å²) in [5.41, 5.74) is 14.1. The lowest BCUT2D eigenvalue weighted by atomic mass is 9.83. The van der Waals surface area contributed by atoms with E-state index in [0.717, 1.165) is 37.7 Å². The van der Waals surface area contributed by atoms with Crippen LogP contribution in [0.2, 0.25) is 0 Å². The van der Waals surface area contributed by atoms with Gasteiger partial charge in [0.25, 0.3) is 0 Å². The number of H-pyrrole nitrogens is 2. The highest BCUT2D eigenvalue weighted by Gasteiger charge is 2.46. The number of fused-ring (bicyclic) bond motifs is 4. The molecule has 732 valence electrons. The number of nitrogens with two attached hydrogens (primary N) is 2. The summed E-state index contributed by atoms with van der Waals surface area (Å²) in [6, 6.07) is 6.47. The fourth-order valence-corrected chi connectivity index (χ4v) is 19.9. The lowest BCUT2D eigenvalue weighted by Crippen LogP contribution is -2.58. The predicted molar refractivity (Wildman–Crippen MR) is 507 cm³/mol. The highest BCUT2D eigenvalue weighted by atomic mass is 32.2. The third-order valence-electron chi connectivity index (χ3n) is 25.8. The number of aliphatic carboxylic acids is 1. The van der Waals surface area contributed by atoms with Gasteiger partial charge in [-0.2, -0.15) is 0 Å². The number of rotatable bonds is 27. The topological polar surface area (TPSA) is 533 Å². The molecule has 0 spiro atoms. The van der Waals surface area contributed by atoms with E-state index in [1.54, 1.807) is 6.20 Å². The van der Waals surface area contributed by atoms with E-state index in [1.807, 2.05) is 88.5 Å². The SMILES string of the molecule is CCCC[C@@H]1CC(=O)[C@H](Cc2c[nH]c3ccccc23)NC(=O)[C@@H]2CCCN2C(=O)[C@H](CC(C)C)CC(=O)[C@H](Cc2cnc[nH]2)CC(=O)[C@@H]2CCCN2C(=O)[C@H](CC(N)=O)NC(=O)[C@H](C)N(C)C(=O)[C@H](Cc2ccc(O)cc2)NC(=O)CSC[C@@H](C(=O)NCC(N)=O)NC(=O)[C@H](CCC(=O)O)CC(=O)[C@H](CCCC)N(C)C(=O)[C@H](CCCC)N(C)C(=O)[C@H](Cc2csc3ccccc23)NC1=O. The van der Waals surface area contributed by atoms with Gasteiger partial charge in [-0.15, -0.1) is 23.1 Å². The Kier molecular flexibility index (Phi) is 40.6. The average Bonchev–Trinajstić information content (AvgIpc) is 1.83. The largest absolute Gasteiger partial charge is 0.508 e. The molecule has 9 rings (SSSR count). The molecule has 14 N–H and O–H groups in total. The number of aromatic amines is 2. The molecule has 3 aliphatic heterocycles. The van der Waals surface area contributed by atoms with Crippen molar-refractivity contribution in [1.29, 1.82) is 0 Å². The van der Waals surface area contributed by atoms with Crippen LogP contribution in [0.3, 0.4) is 0 Å². The number of benzene rings is 3. The number of ketones is 4. The molecule has 3 fully saturated rings. The molecular weight excluding hydrogens is 1770 g/mol. The number of primary amides is 2. The average molecular weight is 1910 g/mol. The summed E-state index contributed by atoms with van der Waals surface area (Å²) >= 11 is 2.17. The van der Waals surface area contributed by atoms with E-state index in [9.17, 15) is 53.4 Å². The Hall–Kier alpha value is -12.2. The van der Waals surface area contributed by atoms with E-state index in [2.05, 4.69) is 46.9 Å². The Morgan fingerprint density at radius 3 is 1.79 bits per heavy atom. The molecule has 3 aromatic heterocycles. The zero-order chi connectivity index (χ0) is 98.4. The number of imidazole rings is 1. The number of amides is 13. The van der Waals surface area contributed by atoms with Gasteiger partial charge in [0.1, 0.15) is 53.8 Å². The van der Waals surface area contributed by atoms with Crippen molar-refractivity contribution in [3.8, 4) is 5.75 Å². The monoisotopic (exact) mass is 1900 g/mol. The number of hydrogen-bond donors (Lipinski definition) is 12. The fraction of sp³-hybridized carbons (Fsp3) is 0.557. The van der Waals surface area contributed by atoms with Crippen LogP contribution in [-0.2, 0) is 112 Å². The van der Waals surface area contributed by atoms with E-state index in [0.29, 0.717) is 67.3 Å². The lowest BCUT2D eigenvalue weighted by Gasteiger charge is -2.36. The molecular formula is C97H132N16O20S2. The number of likely N-dealkylation sites (N-methyl/N-ethyl adjacent to an activating group) is 3. The minimum absolute atomic E-state index is 0.0287. The van der Waals surface area contributed by atoms with Crippen LogP contribution in [0.15, 0.2) is 96.9 Å². The first-order valence-electron chi connectivity index (χ1n) is 46.8.